The van der Waals surface area contributed by atoms with E-state index in [0.29, 0.717) is 6.54 Å². The topological polar surface area (TPSA) is 41.1 Å². The highest BCUT2D eigenvalue weighted by molar-refractivity contribution is 5.85. The number of piperidine rings is 1. The van der Waals surface area contributed by atoms with Crippen molar-refractivity contribution in [3.8, 4) is 0 Å². The van der Waals surface area contributed by atoms with Crippen molar-refractivity contribution >= 4 is 18.3 Å². The number of rotatable bonds is 5. The van der Waals surface area contributed by atoms with Gasteiger partial charge < -0.3 is 10.6 Å². The smallest absolute Gasteiger partial charge is 0.237 e. The molecule has 0 unspecified atom stereocenters. The molecule has 112 valence electrons. The fourth-order valence-corrected chi connectivity index (χ4v) is 2.40. The highest BCUT2D eigenvalue weighted by Gasteiger charge is 2.19. The molecule has 0 spiro atoms. The summed E-state index contributed by atoms with van der Waals surface area (Å²) in [4.78, 5) is 11.8. The maximum Gasteiger partial charge on any atom is 0.237 e. The number of amides is 1. The Balaban J connectivity index is 0.00000200. The van der Waals surface area contributed by atoms with E-state index in [2.05, 4.69) is 10.6 Å². The average molecular weight is 301 g/mol. The van der Waals surface area contributed by atoms with Crippen molar-refractivity contribution in [2.75, 3.05) is 13.1 Å². The molecule has 2 N–H and O–H groups in total. The fourth-order valence-electron chi connectivity index (χ4n) is 2.40. The molecular weight excluding hydrogens is 279 g/mol. The Morgan fingerprint density at radius 2 is 2.25 bits per heavy atom. The minimum absolute atomic E-state index is 0. The second-order valence-electron chi connectivity index (χ2n) is 5.03. The van der Waals surface area contributed by atoms with Crippen molar-refractivity contribution in [1.29, 1.82) is 0 Å². The lowest BCUT2D eigenvalue weighted by Crippen LogP contribution is -2.46. The third-order valence-corrected chi connectivity index (χ3v) is 3.46. The molecule has 0 saturated carbocycles. The number of benzene rings is 1. The molecule has 1 fully saturated rings. The van der Waals surface area contributed by atoms with Crippen molar-refractivity contribution in [3.05, 3.63) is 35.6 Å². The molecule has 1 aromatic carbocycles. The van der Waals surface area contributed by atoms with E-state index in [9.17, 15) is 9.18 Å². The van der Waals surface area contributed by atoms with Gasteiger partial charge in [-0.3, -0.25) is 4.79 Å². The predicted molar refractivity (Wildman–Crippen MR) is 80.6 cm³/mol. The van der Waals surface area contributed by atoms with Crippen LogP contribution < -0.4 is 10.6 Å². The zero-order chi connectivity index (χ0) is 13.5. The zero-order valence-corrected chi connectivity index (χ0v) is 12.3. The fraction of sp³-hybridized carbons (Fsp3) is 0.533. The van der Waals surface area contributed by atoms with Crippen molar-refractivity contribution < 1.29 is 9.18 Å². The van der Waals surface area contributed by atoms with Gasteiger partial charge >= 0.3 is 0 Å². The van der Waals surface area contributed by atoms with E-state index in [1.807, 2.05) is 6.07 Å². The first-order valence-corrected chi connectivity index (χ1v) is 7.01. The van der Waals surface area contributed by atoms with Crippen LogP contribution in [0.1, 0.15) is 31.2 Å². The van der Waals surface area contributed by atoms with Gasteiger partial charge in [0.25, 0.3) is 0 Å². The molecule has 0 bridgehead atoms. The SMILES string of the molecule is Cl.O=C(NCCCc1cccc(F)c1)[C@@H]1CCCCN1. The van der Waals surface area contributed by atoms with Crippen LogP contribution in [0.5, 0.6) is 0 Å². The van der Waals surface area contributed by atoms with Crippen LogP contribution in [0.4, 0.5) is 4.39 Å². The van der Waals surface area contributed by atoms with E-state index < -0.39 is 0 Å². The summed E-state index contributed by atoms with van der Waals surface area (Å²) in [5.41, 5.74) is 0.977. The first-order chi connectivity index (χ1) is 9.25. The van der Waals surface area contributed by atoms with Gasteiger partial charge in [-0.1, -0.05) is 18.6 Å². The third kappa shape index (κ3) is 5.47. The van der Waals surface area contributed by atoms with E-state index >= 15 is 0 Å². The molecule has 1 heterocycles. The molecule has 3 nitrogen and oxygen atoms in total. The largest absolute Gasteiger partial charge is 0.355 e. The number of nitrogens with one attached hydrogen (secondary N) is 2. The van der Waals surface area contributed by atoms with Crippen LogP contribution in [0.15, 0.2) is 24.3 Å². The van der Waals surface area contributed by atoms with Crippen molar-refractivity contribution in [2.24, 2.45) is 0 Å². The van der Waals surface area contributed by atoms with Crippen LogP contribution >= 0.6 is 12.4 Å². The van der Waals surface area contributed by atoms with Gasteiger partial charge in [0, 0.05) is 6.54 Å². The molecule has 2 rings (SSSR count). The van der Waals surface area contributed by atoms with Crippen LogP contribution in [0.25, 0.3) is 0 Å². The summed E-state index contributed by atoms with van der Waals surface area (Å²) >= 11 is 0. The summed E-state index contributed by atoms with van der Waals surface area (Å²) in [6.07, 6.45) is 4.82. The number of halogens is 2. The Kier molecular flexibility index (Phi) is 7.55. The lowest BCUT2D eigenvalue weighted by molar-refractivity contribution is -0.123. The van der Waals surface area contributed by atoms with Crippen molar-refractivity contribution in [1.82, 2.24) is 10.6 Å². The highest BCUT2D eigenvalue weighted by atomic mass is 35.5. The molecule has 1 aliphatic rings. The van der Waals surface area contributed by atoms with E-state index in [4.69, 9.17) is 0 Å². The lowest BCUT2D eigenvalue weighted by Gasteiger charge is -2.22. The molecule has 0 radical (unpaired) electrons. The van der Waals surface area contributed by atoms with Gasteiger partial charge in [0.05, 0.1) is 6.04 Å². The molecular formula is C15H22ClFN2O. The standard InChI is InChI=1S/C15H21FN2O.ClH/c16-13-7-3-5-12(11-13)6-4-10-18-15(19)14-8-1-2-9-17-14;/h3,5,7,11,14,17H,1-2,4,6,8-10H2,(H,18,19);1H/t14-;/m0./s1. The maximum atomic E-state index is 13.0. The second kappa shape index (κ2) is 8.93. The number of aryl methyl sites for hydroxylation is 1. The monoisotopic (exact) mass is 300 g/mol. The van der Waals surface area contributed by atoms with E-state index in [-0.39, 0.29) is 30.2 Å². The third-order valence-electron chi connectivity index (χ3n) is 3.46. The maximum absolute atomic E-state index is 13.0. The van der Waals surface area contributed by atoms with E-state index in [1.54, 1.807) is 12.1 Å². The Bertz CT molecular complexity index is 422. The second-order valence-corrected chi connectivity index (χ2v) is 5.03. The summed E-state index contributed by atoms with van der Waals surface area (Å²) < 4.78 is 13.0. The van der Waals surface area contributed by atoms with Crippen LogP contribution in [0.3, 0.4) is 0 Å². The normalized spacial score (nSPS) is 18.1. The average Bonchev–Trinajstić information content (AvgIpc) is 2.44. The predicted octanol–water partition coefficient (Wildman–Crippen LogP) is 2.44. The molecule has 1 saturated heterocycles. The first-order valence-electron chi connectivity index (χ1n) is 7.01. The summed E-state index contributed by atoms with van der Waals surface area (Å²) in [5, 5.41) is 6.17. The summed E-state index contributed by atoms with van der Waals surface area (Å²) in [6.45, 7) is 1.58. The van der Waals surface area contributed by atoms with Crippen LogP contribution in [-0.4, -0.2) is 25.0 Å². The Morgan fingerprint density at radius 1 is 1.40 bits per heavy atom. The van der Waals surface area contributed by atoms with Gasteiger partial charge in [-0.15, -0.1) is 12.4 Å². The van der Waals surface area contributed by atoms with Crippen LogP contribution in [-0.2, 0) is 11.2 Å². The van der Waals surface area contributed by atoms with Gasteiger partial charge in [-0.05, 0) is 49.9 Å². The lowest BCUT2D eigenvalue weighted by atomic mass is 10.0. The minimum Gasteiger partial charge on any atom is -0.355 e. The Hall–Kier alpha value is -1.13. The molecule has 1 atom stereocenters. The summed E-state index contributed by atoms with van der Waals surface area (Å²) in [5.74, 6) is -0.105. The molecule has 1 amide bonds. The minimum atomic E-state index is -0.201. The van der Waals surface area contributed by atoms with Gasteiger partial charge in [-0.2, -0.15) is 0 Å². The first kappa shape index (κ1) is 16.9. The van der Waals surface area contributed by atoms with E-state index in [0.717, 1.165) is 44.2 Å². The Morgan fingerprint density at radius 3 is 2.95 bits per heavy atom. The number of carbonyl (C=O) groups is 1. The van der Waals surface area contributed by atoms with Gasteiger partial charge in [0.2, 0.25) is 5.91 Å². The highest BCUT2D eigenvalue weighted by Crippen LogP contribution is 2.07. The van der Waals surface area contributed by atoms with Crippen molar-refractivity contribution in [3.63, 3.8) is 0 Å². The molecule has 5 heteroatoms. The van der Waals surface area contributed by atoms with Gasteiger partial charge in [0.1, 0.15) is 5.82 Å². The molecule has 20 heavy (non-hydrogen) atoms. The number of hydrogen-bond donors (Lipinski definition) is 2. The van der Waals surface area contributed by atoms with Gasteiger partial charge in [-0.25, -0.2) is 4.39 Å². The van der Waals surface area contributed by atoms with Gasteiger partial charge in [0.15, 0.2) is 0 Å². The zero-order valence-electron chi connectivity index (χ0n) is 11.5. The van der Waals surface area contributed by atoms with E-state index in [1.165, 1.54) is 6.07 Å². The number of hydrogen-bond acceptors (Lipinski definition) is 2. The van der Waals surface area contributed by atoms with Crippen LogP contribution in [0.2, 0.25) is 0 Å². The van der Waals surface area contributed by atoms with Crippen molar-refractivity contribution in [2.45, 2.75) is 38.1 Å². The summed E-state index contributed by atoms with van der Waals surface area (Å²) in [7, 11) is 0. The molecule has 1 aliphatic heterocycles. The molecule has 0 aromatic heterocycles. The summed E-state index contributed by atoms with van der Waals surface area (Å²) in [6, 6.07) is 6.59. The quantitative estimate of drug-likeness (QED) is 0.820. The number of carbonyl (C=O) groups excluding carboxylic acids is 1. The molecule has 1 aromatic rings. The Labute approximate surface area is 125 Å². The molecule has 0 aliphatic carbocycles. The van der Waals surface area contributed by atoms with Crippen LogP contribution in [0, 0.1) is 5.82 Å².